The van der Waals surface area contributed by atoms with Gasteiger partial charge in [0.2, 0.25) is 0 Å². The molecule has 0 spiro atoms. The molecule has 4 aromatic carbocycles. The molecule has 1 N–H and O–H groups in total. The molecule has 0 aromatic heterocycles. The highest BCUT2D eigenvalue weighted by Crippen LogP contribution is 2.54. The van der Waals surface area contributed by atoms with E-state index in [2.05, 4.69) is 158 Å². The van der Waals surface area contributed by atoms with Gasteiger partial charge in [0.25, 0.3) is 0 Å². The van der Waals surface area contributed by atoms with E-state index in [0.717, 1.165) is 36.6 Å². The van der Waals surface area contributed by atoms with E-state index >= 15 is 0 Å². The molecule has 1 fully saturated rings. The summed E-state index contributed by atoms with van der Waals surface area (Å²) in [5, 5.41) is 4.86. The van der Waals surface area contributed by atoms with E-state index in [1.807, 2.05) is 0 Å². The van der Waals surface area contributed by atoms with Crippen molar-refractivity contribution >= 4 is 30.1 Å². The summed E-state index contributed by atoms with van der Waals surface area (Å²) in [6, 6.07) is 20.7. The van der Waals surface area contributed by atoms with Gasteiger partial charge in [0.1, 0.15) is 11.4 Å². The first-order valence-corrected chi connectivity index (χ1v) is 20.0. The first-order valence-electron chi connectivity index (χ1n) is 18.9. The summed E-state index contributed by atoms with van der Waals surface area (Å²) in [6.07, 6.45) is 4.99. The number of hydrogen-bond acceptors (Lipinski definition) is 3. The summed E-state index contributed by atoms with van der Waals surface area (Å²) in [5.41, 5.74) is 6.69. The molecule has 4 heteroatoms. The first kappa shape index (κ1) is 38.8. The molecule has 0 saturated heterocycles. The Balaban J connectivity index is 1.65. The second-order valence-electron chi connectivity index (χ2n) is 20.3. The Bertz CT molecular complexity index is 1860. The second-order valence-corrected chi connectivity index (χ2v) is 21.1. The van der Waals surface area contributed by atoms with Gasteiger partial charge in [-0.2, -0.15) is 0 Å². The SMILES string of the molecule is CC(C)(C)c1ccc2cc(OP(O)OC3(c4cc5c(C(C)(C)C)cc(C(C)(C)C)cc5cc4C(C)(C)C)CCCCC3)c(C(C)(C)C)cc2c1. The van der Waals surface area contributed by atoms with Gasteiger partial charge in [-0.15, -0.1) is 0 Å². The third-order valence-corrected chi connectivity index (χ3v) is 11.6. The van der Waals surface area contributed by atoms with E-state index in [1.165, 1.54) is 50.4 Å². The van der Waals surface area contributed by atoms with Crippen LogP contribution < -0.4 is 4.52 Å². The minimum Gasteiger partial charge on any atom is -0.427 e. The van der Waals surface area contributed by atoms with E-state index in [4.69, 9.17) is 9.05 Å². The predicted octanol–water partition coefficient (Wildman–Crippen LogP) is 14.0. The molecule has 0 bridgehead atoms. The molecular weight excluding hydrogens is 631 g/mol. The van der Waals surface area contributed by atoms with Crippen LogP contribution in [0.5, 0.6) is 5.75 Å². The number of rotatable bonds is 5. The minimum absolute atomic E-state index is 0.0378. The van der Waals surface area contributed by atoms with Crippen LogP contribution in [0.25, 0.3) is 21.5 Å². The average molecular weight is 697 g/mol. The smallest absolute Gasteiger partial charge is 0.395 e. The van der Waals surface area contributed by atoms with Crippen molar-refractivity contribution < 1.29 is 13.9 Å². The van der Waals surface area contributed by atoms with Gasteiger partial charge in [0.15, 0.2) is 0 Å². The molecule has 5 rings (SSSR count). The van der Waals surface area contributed by atoms with E-state index in [9.17, 15) is 4.89 Å². The van der Waals surface area contributed by atoms with Crippen LogP contribution in [0.1, 0.15) is 169 Å². The van der Waals surface area contributed by atoms with Crippen LogP contribution in [0.4, 0.5) is 0 Å². The van der Waals surface area contributed by atoms with E-state index < -0.39 is 14.2 Å². The summed E-state index contributed by atoms with van der Waals surface area (Å²) in [5.74, 6) is 0.701. The maximum absolute atomic E-state index is 11.9. The molecule has 1 aliphatic carbocycles. The first-order chi connectivity index (χ1) is 22.8. The van der Waals surface area contributed by atoms with Crippen molar-refractivity contribution in [3.8, 4) is 5.75 Å². The van der Waals surface area contributed by atoms with Crippen LogP contribution in [-0.2, 0) is 37.2 Å². The maximum Gasteiger partial charge on any atom is 0.395 e. The molecule has 1 atom stereocenters. The maximum atomic E-state index is 11.9. The fraction of sp³-hybridized carbons (Fsp3) is 0.565. The summed E-state index contributed by atoms with van der Waals surface area (Å²) >= 11 is 0. The highest BCUT2D eigenvalue weighted by Gasteiger charge is 2.42. The summed E-state index contributed by atoms with van der Waals surface area (Å²) < 4.78 is 13.6. The molecule has 0 amide bonds. The number of hydrogen-bond donors (Lipinski definition) is 1. The fourth-order valence-electron chi connectivity index (χ4n) is 7.65. The topological polar surface area (TPSA) is 38.7 Å². The van der Waals surface area contributed by atoms with Crippen molar-refractivity contribution in [2.75, 3.05) is 0 Å². The lowest BCUT2D eigenvalue weighted by molar-refractivity contribution is 0.0153. The van der Waals surface area contributed by atoms with Gasteiger partial charge in [-0.25, -0.2) is 0 Å². The van der Waals surface area contributed by atoms with E-state index in [0.29, 0.717) is 5.75 Å². The third-order valence-electron chi connectivity index (χ3n) is 10.8. The molecule has 1 unspecified atom stereocenters. The summed E-state index contributed by atoms with van der Waals surface area (Å²) in [7, 11) is -2.24. The van der Waals surface area contributed by atoms with Crippen LogP contribution in [0, 0.1) is 0 Å². The normalized spacial score (nSPS) is 17.0. The van der Waals surface area contributed by atoms with Crippen LogP contribution >= 0.6 is 8.60 Å². The Morgan fingerprint density at radius 3 is 1.60 bits per heavy atom. The molecule has 50 heavy (non-hydrogen) atoms. The van der Waals surface area contributed by atoms with Crippen molar-refractivity contribution in [2.45, 2.75) is 169 Å². The lowest BCUT2D eigenvalue weighted by Crippen LogP contribution is -2.34. The molecule has 4 aromatic rings. The van der Waals surface area contributed by atoms with Crippen molar-refractivity contribution in [1.82, 2.24) is 0 Å². The number of fused-ring (bicyclic) bond motifs is 2. The predicted molar refractivity (Wildman–Crippen MR) is 217 cm³/mol. The zero-order valence-electron chi connectivity index (χ0n) is 33.9. The van der Waals surface area contributed by atoms with Crippen LogP contribution in [-0.4, -0.2) is 4.89 Å². The van der Waals surface area contributed by atoms with Gasteiger partial charge in [-0.05, 0) is 107 Å². The Labute approximate surface area is 305 Å². The Kier molecular flexibility index (Phi) is 10.2. The average Bonchev–Trinajstić information content (AvgIpc) is 2.97. The van der Waals surface area contributed by atoms with Gasteiger partial charge in [-0.1, -0.05) is 160 Å². The highest BCUT2D eigenvalue weighted by atomic mass is 31.2. The Morgan fingerprint density at radius 1 is 0.520 bits per heavy atom. The molecular formula is C46H65O3P. The second kappa shape index (κ2) is 13.2. The lowest BCUT2D eigenvalue weighted by atomic mass is 9.70. The van der Waals surface area contributed by atoms with Crippen LogP contribution in [0.2, 0.25) is 0 Å². The Morgan fingerprint density at radius 2 is 1.06 bits per heavy atom. The molecule has 0 aliphatic heterocycles. The molecule has 272 valence electrons. The van der Waals surface area contributed by atoms with Gasteiger partial charge in [0.05, 0.1) is 0 Å². The highest BCUT2D eigenvalue weighted by molar-refractivity contribution is 7.41. The minimum atomic E-state index is -2.24. The zero-order chi connectivity index (χ0) is 37.2. The van der Waals surface area contributed by atoms with Gasteiger partial charge < -0.3 is 9.42 Å². The van der Waals surface area contributed by atoms with Gasteiger partial charge >= 0.3 is 8.60 Å². The van der Waals surface area contributed by atoms with Crippen molar-refractivity contribution in [3.63, 3.8) is 0 Å². The molecule has 1 saturated carbocycles. The largest absolute Gasteiger partial charge is 0.427 e. The zero-order valence-corrected chi connectivity index (χ0v) is 34.8. The quantitative estimate of drug-likeness (QED) is 0.211. The molecule has 0 heterocycles. The fourth-order valence-corrected chi connectivity index (χ4v) is 8.59. The lowest BCUT2D eigenvalue weighted by Gasteiger charge is -2.41. The monoisotopic (exact) mass is 696 g/mol. The van der Waals surface area contributed by atoms with Crippen molar-refractivity contribution in [2.24, 2.45) is 0 Å². The summed E-state index contributed by atoms with van der Waals surface area (Å²) in [6.45, 7) is 34.2. The van der Waals surface area contributed by atoms with Crippen molar-refractivity contribution in [1.29, 1.82) is 0 Å². The van der Waals surface area contributed by atoms with Crippen LogP contribution in [0.15, 0.2) is 54.6 Å². The van der Waals surface area contributed by atoms with E-state index in [1.54, 1.807) is 0 Å². The third kappa shape index (κ3) is 8.11. The van der Waals surface area contributed by atoms with Gasteiger partial charge in [0, 0.05) is 5.56 Å². The Hall–Kier alpha value is -2.45. The molecule has 1 aliphatic rings. The molecule has 0 radical (unpaired) electrons. The molecule has 3 nitrogen and oxygen atoms in total. The van der Waals surface area contributed by atoms with E-state index in [-0.39, 0.29) is 27.1 Å². The van der Waals surface area contributed by atoms with Crippen molar-refractivity contribution in [3.05, 3.63) is 88.0 Å². The van der Waals surface area contributed by atoms with Gasteiger partial charge in [-0.3, -0.25) is 4.52 Å². The van der Waals surface area contributed by atoms with Crippen LogP contribution in [0.3, 0.4) is 0 Å². The summed E-state index contributed by atoms with van der Waals surface area (Å²) in [4.78, 5) is 11.9. The standard InChI is InChI=1S/C46H65O3P/c1-41(2,3)33-20-19-30-27-40(39(45(13,14)15)25-31(30)23-33)48-50(47)49-46(21-17-16-18-22-46)38-29-35-32(26-37(38)44(10,11)12)24-34(42(4,5)6)28-36(35)43(7,8)9/h19-20,23-29,47H,16-18,21-22H2,1-15H3. The number of benzene rings is 4.